The van der Waals surface area contributed by atoms with E-state index in [-0.39, 0.29) is 11.9 Å². The summed E-state index contributed by atoms with van der Waals surface area (Å²) in [4.78, 5) is 17.3. The Bertz CT molecular complexity index is 981. The fraction of sp³-hybridized carbons (Fsp3) is 0.375. The number of amides is 2. The van der Waals surface area contributed by atoms with Gasteiger partial charge in [-0.25, -0.2) is 4.79 Å². The van der Waals surface area contributed by atoms with Crippen LogP contribution in [0.1, 0.15) is 24.0 Å². The van der Waals surface area contributed by atoms with E-state index in [0.29, 0.717) is 24.7 Å². The third kappa shape index (κ3) is 3.40. The quantitative estimate of drug-likeness (QED) is 0.606. The fourth-order valence-corrected chi connectivity index (χ4v) is 4.50. The van der Waals surface area contributed by atoms with Gasteiger partial charge >= 0.3 is 6.03 Å². The van der Waals surface area contributed by atoms with E-state index in [1.165, 1.54) is 0 Å². The standard InChI is InChI=1S/C24H25ClN2O3/c1-4-24(18-7-8-18)21-15-19(25)9-12-22(21)26(23(28)27(24)13-14-29-2)16-17-5-10-20(30-3)11-6-17/h1,5-6,9-12,15,18H,7-8,13-14,16H2,2-3H3. The first-order valence-electron chi connectivity index (χ1n) is 10.0. The smallest absolute Gasteiger partial charge is 0.326 e. The van der Waals surface area contributed by atoms with Crippen molar-refractivity contribution in [1.29, 1.82) is 0 Å². The Morgan fingerprint density at radius 1 is 1.20 bits per heavy atom. The van der Waals surface area contributed by atoms with E-state index in [1.807, 2.05) is 42.5 Å². The van der Waals surface area contributed by atoms with E-state index in [1.54, 1.807) is 24.0 Å². The van der Waals surface area contributed by atoms with Crippen LogP contribution in [0.15, 0.2) is 42.5 Å². The molecule has 4 rings (SSSR count). The van der Waals surface area contributed by atoms with Gasteiger partial charge in [0.1, 0.15) is 11.3 Å². The number of benzene rings is 2. The SMILES string of the molecule is C#CC1(C2CC2)c2cc(Cl)ccc2N(Cc2ccc(OC)cc2)C(=O)N1CCOC. The van der Waals surface area contributed by atoms with Gasteiger partial charge in [-0.15, -0.1) is 6.42 Å². The van der Waals surface area contributed by atoms with E-state index in [4.69, 9.17) is 27.5 Å². The topological polar surface area (TPSA) is 42.0 Å². The van der Waals surface area contributed by atoms with Crippen molar-refractivity contribution in [3.05, 3.63) is 58.6 Å². The second kappa shape index (κ2) is 8.22. The molecule has 2 aliphatic rings. The molecule has 0 aromatic heterocycles. The third-order valence-corrected chi connectivity index (χ3v) is 6.19. The minimum atomic E-state index is -0.799. The monoisotopic (exact) mass is 424 g/mol. The van der Waals surface area contributed by atoms with Crippen LogP contribution in [0.5, 0.6) is 5.75 Å². The number of hydrogen-bond acceptors (Lipinski definition) is 3. The maximum absolute atomic E-state index is 13.8. The molecule has 1 atom stereocenters. The summed E-state index contributed by atoms with van der Waals surface area (Å²) in [5.41, 5.74) is 1.94. The van der Waals surface area contributed by atoms with E-state index in [0.717, 1.165) is 35.4 Å². The van der Waals surface area contributed by atoms with Crippen LogP contribution >= 0.6 is 11.6 Å². The van der Waals surface area contributed by atoms with Gasteiger partial charge in [-0.1, -0.05) is 29.7 Å². The lowest BCUT2D eigenvalue weighted by atomic mass is 9.80. The van der Waals surface area contributed by atoms with Crippen LogP contribution in [0.3, 0.4) is 0 Å². The molecule has 2 amide bonds. The molecule has 1 aliphatic heterocycles. The van der Waals surface area contributed by atoms with Gasteiger partial charge in [-0.3, -0.25) is 4.90 Å². The number of carbonyl (C=O) groups excluding carboxylic acids is 1. The number of anilines is 1. The van der Waals surface area contributed by atoms with Crippen molar-refractivity contribution < 1.29 is 14.3 Å². The predicted molar refractivity (Wildman–Crippen MR) is 118 cm³/mol. The first kappa shape index (κ1) is 20.6. The van der Waals surface area contributed by atoms with Crippen LogP contribution in [0.25, 0.3) is 0 Å². The average molecular weight is 425 g/mol. The first-order chi connectivity index (χ1) is 14.5. The van der Waals surface area contributed by atoms with Crippen LogP contribution in [0.2, 0.25) is 5.02 Å². The molecule has 2 aromatic carbocycles. The molecule has 30 heavy (non-hydrogen) atoms. The number of methoxy groups -OCH3 is 2. The molecule has 0 spiro atoms. The van der Waals surface area contributed by atoms with Crippen LogP contribution in [-0.2, 0) is 16.8 Å². The van der Waals surface area contributed by atoms with Gasteiger partial charge < -0.3 is 14.4 Å². The molecule has 1 fully saturated rings. The van der Waals surface area contributed by atoms with E-state index < -0.39 is 5.54 Å². The summed E-state index contributed by atoms with van der Waals surface area (Å²) >= 11 is 6.39. The zero-order chi connectivity index (χ0) is 21.3. The maximum Gasteiger partial charge on any atom is 0.326 e. The molecular weight excluding hydrogens is 400 g/mol. The molecule has 5 nitrogen and oxygen atoms in total. The summed E-state index contributed by atoms with van der Waals surface area (Å²) in [6.45, 7) is 1.25. The number of hydrogen-bond donors (Lipinski definition) is 0. The Kier molecular flexibility index (Phi) is 5.64. The Morgan fingerprint density at radius 3 is 2.53 bits per heavy atom. The highest BCUT2D eigenvalue weighted by Crippen LogP contribution is 2.54. The number of halogens is 1. The van der Waals surface area contributed by atoms with Crippen LogP contribution in [0.4, 0.5) is 10.5 Å². The molecule has 6 heteroatoms. The highest BCUT2D eigenvalue weighted by molar-refractivity contribution is 6.30. The molecule has 1 heterocycles. The molecule has 0 bridgehead atoms. The van der Waals surface area contributed by atoms with Crippen molar-refractivity contribution in [3.8, 4) is 18.1 Å². The minimum Gasteiger partial charge on any atom is -0.497 e. The van der Waals surface area contributed by atoms with Crippen LogP contribution in [0, 0.1) is 18.3 Å². The van der Waals surface area contributed by atoms with Crippen LogP contribution < -0.4 is 9.64 Å². The second-order valence-corrected chi connectivity index (χ2v) is 8.14. The van der Waals surface area contributed by atoms with Gasteiger partial charge in [0.15, 0.2) is 0 Å². The molecule has 0 radical (unpaired) electrons. The number of fused-ring (bicyclic) bond motifs is 1. The Hall–Kier alpha value is -2.68. The van der Waals surface area contributed by atoms with Gasteiger partial charge in [-0.05, 0) is 54.7 Å². The summed E-state index contributed by atoms with van der Waals surface area (Å²) < 4.78 is 10.5. The molecule has 156 valence electrons. The van der Waals surface area contributed by atoms with Crippen molar-refractivity contribution in [2.75, 3.05) is 32.3 Å². The summed E-state index contributed by atoms with van der Waals surface area (Å²) in [7, 11) is 3.26. The van der Waals surface area contributed by atoms with Crippen molar-refractivity contribution in [1.82, 2.24) is 4.90 Å². The largest absolute Gasteiger partial charge is 0.497 e. The summed E-state index contributed by atoms with van der Waals surface area (Å²) in [5.74, 6) is 4.00. The lowest BCUT2D eigenvalue weighted by Gasteiger charge is -2.49. The fourth-order valence-electron chi connectivity index (χ4n) is 4.33. The van der Waals surface area contributed by atoms with Gasteiger partial charge in [-0.2, -0.15) is 0 Å². The van der Waals surface area contributed by atoms with Gasteiger partial charge in [0.05, 0.1) is 25.9 Å². The third-order valence-electron chi connectivity index (χ3n) is 5.95. The summed E-state index contributed by atoms with van der Waals surface area (Å²) in [5, 5.41) is 0.611. The second-order valence-electron chi connectivity index (χ2n) is 7.71. The van der Waals surface area contributed by atoms with Crippen LogP contribution in [-0.4, -0.2) is 38.3 Å². The van der Waals surface area contributed by atoms with E-state index in [2.05, 4.69) is 5.92 Å². The molecule has 1 saturated carbocycles. The zero-order valence-electron chi connectivity index (χ0n) is 17.2. The number of nitrogens with zero attached hydrogens (tertiary/aromatic N) is 2. The lowest BCUT2D eigenvalue weighted by molar-refractivity contribution is 0.0945. The first-order valence-corrected chi connectivity index (χ1v) is 10.4. The number of urea groups is 1. The molecule has 1 unspecified atom stereocenters. The molecular formula is C24H25ClN2O3. The van der Waals surface area contributed by atoms with Crippen molar-refractivity contribution in [2.24, 2.45) is 5.92 Å². The Labute approximate surface area is 182 Å². The number of carbonyl (C=O) groups is 1. The number of ether oxygens (including phenoxy) is 2. The molecule has 2 aromatic rings. The van der Waals surface area contributed by atoms with Gasteiger partial charge in [0.25, 0.3) is 0 Å². The van der Waals surface area contributed by atoms with E-state index in [9.17, 15) is 4.79 Å². The normalized spacial score (nSPS) is 20.7. The minimum absolute atomic E-state index is 0.109. The molecule has 0 saturated heterocycles. The number of rotatable bonds is 7. The highest BCUT2D eigenvalue weighted by atomic mass is 35.5. The summed E-state index contributed by atoms with van der Waals surface area (Å²) in [6.07, 6.45) is 8.12. The van der Waals surface area contributed by atoms with Gasteiger partial charge in [0.2, 0.25) is 0 Å². The lowest BCUT2D eigenvalue weighted by Crippen LogP contribution is -2.60. The zero-order valence-corrected chi connectivity index (χ0v) is 18.0. The molecule has 1 aliphatic carbocycles. The van der Waals surface area contributed by atoms with Crippen molar-refractivity contribution in [3.63, 3.8) is 0 Å². The maximum atomic E-state index is 13.8. The average Bonchev–Trinajstić information content (AvgIpc) is 3.61. The predicted octanol–water partition coefficient (Wildman–Crippen LogP) is 4.68. The van der Waals surface area contributed by atoms with Crippen molar-refractivity contribution in [2.45, 2.75) is 24.9 Å². The van der Waals surface area contributed by atoms with Crippen molar-refractivity contribution >= 4 is 23.3 Å². The Balaban J connectivity index is 1.81. The Morgan fingerprint density at radius 2 is 1.93 bits per heavy atom. The number of terminal acetylenes is 1. The van der Waals surface area contributed by atoms with E-state index >= 15 is 0 Å². The summed E-state index contributed by atoms with van der Waals surface area (Å²) in [6, 6.07) is 13.2. The highest BCUT2D eigenvalue weighted by Gasteiger charge is 2.56. The van der Waals surface area contributed by atoms with Gasteiger partial charge in [0, 0.05) is 24.2 Å². The molecule has 0 N–H and O–H groups in total.